The van der Waals surface area contributed by atoms with Crippen LogP contribution in [-0.2, 0) is 13.0 Å². The molecule has 180 valence electrons. The summed E-state index contributed by atoms with van der Waals surface area (Å²) in [6.07, 6.45) is 3.92. The first-order valence-electron chi connectivity index (χ1n) is 12.5. The summed E-state index contributed by atoms with van der Waals surface area (Å²) >= 11 is 0. The van der Waals surface area contributed by atoms with Crippen molar-refractivity contribution in [3.8, 4) is 5.75 Å². The monoisotopic (exact) mass is 468 g/mol. The van der Waals surface area contributed by atoms with Crippen LogP contribution in [-0.4, -0.2) is 22.7 Å². The lowest BCUT2D eigenvalue weighted by Crippen LogP contribution is -2.36. The Kier molecular flexibility index (Phi) is 7.26. The van der Waals surface area contributed by atoms with E-state index in [1.165, 1.54) is 24.5 Å². The highest BCUT2D eigenvalue weighted by Crippen LogP contribution is 2.32. The third-order valence-corrected chi connectivity index (χ3v) is 7.06. The predicted molar refractivity (Wildman–Crippen MR) is 140 cm³/mol. The van der Waals surface area contributed by atoms with Crippen molar-refractivity contribution in [3.63, 3.8) is 0 Å². The number of aromatic nitrogens is 1. The predicted octanol–water partition coefficient (Wildman–Crippen LogP) is 5.14. The maximum Gasteiger partial charge on any atom is 0.248 e. The van der Waals surface area contributed by atoms with Gasteiger partial charge in [0, 0.05) is 24.0 Å². The quantitative estimate of drug-likeness (QED) is 0.318. The van der Waals surface area contributed by atoms with Gasteiger partial charge in [-0.1, -0.05) is 73.2 Å². The molecule has 35 heavy (non-hydrogen) atoms. The van der Waals surface area contributed by atoms with Crippen LogP contribution >= 0.6 is 0 Å². The number of pyridine rings is 1. The first-order valence-corrected chi connectivity index (χ1v) is 12.5. The molecule has 3 N–H and O–H groups in total. The van der Waals surface area contributed by atoms with Crippen LogP contribution in [0, 0.1) is 5.92 Å². The van der Waals surface area contributed by atoms with E-state index >= 15 is 0 Å². The highest BCUT2D eigenvalue weighted by molar-refractivity contribution is 5.87. The van der Waals surface area contributed by atoms with E-state index in [1.54, 1.807) is 6.07 Å². The molecule has 3 aromatic carbocycles. The molecule has 5 rings (SSSR count). The molecule has 0 spiro atoms. The number of aliphatic hydroxyl groups excluding tert-OH is 1. The van der Waals surface area contributed by atoms with E-state index in [4.69, 9.17) is 4.74 Å². The molecule has 0 bridgehead atoms. The van der Waals surface area contributed by atoms with Gasteiger partial charge >= 0.3 is 0 Å². The minimum Gasteiger partial charge on any atom is -0.487 e. The zero-order valence-corrected chi connectivity index (χ0v) is 19.8. The van der Waals surface area contributed by atoms with E-state index in [-0.39, 0.29) is 5.56 Å². The van der Waals surface area contributed by atoms with Crippen LogP contribution in [0.5, 0.6) is 5.75 Å². The fourth-order valence-corrected chi connectivity index (χ4v) is 5.23. The van der Waals surface area contributed by atoms with E-state index in [0.29, 0.717) is 36.4 Å². The number of hydrogen-bond donors (Lipinski definition) is 3. The lowest BCUT2D eigenvalue weighted by Gasteiger charge is -2.24. The van der Waals surface area contributed by atoms with Crippen LogP contribution in [0.1, 0.15) is 42.1 Å². The topological polar surface area (TPSA) is 74.3 Å². The fraction of sp³-hybridized carbons (Fsp3) is 0.300. The summed E-state index contributed by atoms with van der Waals surface area (Å²) in [6, 6.07) is 28.0. The molecular formula is C30H32N2O3. The molecule has 1 unspecified atom stereocenters. The number of aromatic amines is 1. The average molecular weight is 469 g/mol. The van der Waals surface area contributed by atoms with Crippen LogP contribution in [0.15, 0.2) is 89.7 Å². The van der Waals surface area contributed by atoms with Gasteiger partial charge in [0.2, 0.25) is 5.56 Å². The van der Waals surface area contributed by atoms with Gasteiger partial charge < -0.3 is 20.1 Å². The molecule has 1 aliphatic carbocycles. The van der Waals surface area contributed by atoms with Gasteiger partial charge in [-0.2, -0.15) is 0 Å². The molecule has 4 aromatic rings. The minimum absolute atomic E-state index is 0.193. The number of nitrogens with one attached hydrogen (secondary N) is 2. The third kappa shape index (κ3) is 5.64. The largest absolute Gasteiger partial charge is 0.487 e. The summed E-state index contributed by atoms with van der Waals surface area (Å²) in [7, 11) is 0. The average Bonchev–Trinajstić information content (AvgIpc) is 3.33. The Labute approximate surface area is 205 Å². The molecule has 1 saturated carbocycles. The standard InChI is InChI=1S/C30H32N2O3/c33-27(19-31-26-13-7-12-23(26)18-21-8-3-1-4-9-21)24-14-16-28(30-25(24)15-17-29(34)32-30)35-20-22-10-5-2-6-11-22/h1-6,8-11,14-17,23,26-27,31,33H,7,12-13,18-20H2,(H,32,34)/t23-,26-,27?/m1/s1. The minimum atomic E-state index is -0.690. The van der Waals surface area contributed by atoms with Gasteiger partial charge in [0.1, 0.15) is 12.4 Å². The van der Waals surface area contributed by atoms with Gasteiger partial charge in [-0.15, -0.1) is 0 Å². The first kappa shape index (κ1) is 23.3. The van der Waals surface area contributed by atoms with Crippen molar-refractivity contribution in [3.05, 3.63) is 112 Å². The van der Waals surface area contributed by atoms with Gasteiger partial charge in [-0.25, -0.2) is 0 Å². The van der Waals surface area contributed by atoms with Crippen LogP contribution in [0.3, 0.4) is 0 Å². The Morgan fingerprint density at radius 3 is 2.43 bits per heavy atom. The Balaban J connectivity index is 1.29. The van der Waals surface area contributed by atoms with E-state index in [1.807, 2.05) is 42.5 Å². The lowest BCUT2D eigenvalue weighted by atomic mass is 9.94. The summed E-state index contributed by atoms with van der Waals surface area (Å²) in [5.74, 6) is 1.18. The summed E-state index contributed by atoms with van der Waals surface area (Å²) < 4.78 is 6.04. The fourth-order valence-electron chi connectivity index (χ4n) is 5.23. The van der Waals surface area contributed by atoms with E-state index in [0.717, 1.165) is 29.4 Å². The molecule has 1 heterocycles. The summed E-state index contributed by atoms with van der Waals surface area (Å²) in [5, 5.41) is 15.6. The van der Waals surface area contributed by atoms with Crippen molar-refractivity contribution in [1.82, 2.24) is 10.3 Å². The van der Waals surface area contributed by atoms with Gasteiger partial charge in [0.25, 0.3) is 0 Å². The van der Waals surface area contributed by atoms with Gasteiger partial charge in [-0.05, 0) is 54.0 Å². The summed E-state index contributed by atoms with van der Waals surface area (Å²) in [4.78, 5) is 15.0. The molecule has 3 atom stereocenters. The maximum absolute atomic E-state index is 12.1. The number of H-pyrrole nitrogens is 1. The first-order chi connectivity index (χ1) is 17.2. The van der Waals surface area contributed by atoms with Crippen molar-refractivity contribution < 1.29 is 9.84 Å². The third-order valence-electron chi connectivity index (χ3n) is 7.06. The molecule has 5 nitrogen and oxygen atoms in total. The van der Waals surface area contributed by atoms with Gasteiger partial charge in [0.05, 0.1) is 11.6 Å². The molecule has 1 aliphatic rings. The van der Waals surface area contributed by atoms with Gasteiger partial charge in [-0.3, -0.25) is 4.79 Å². The Bertz CT molecular complexity index is 1300. The Hall–Kier alpha value is -3.41. The Morgan fingerprint density at radius 1 is 0.914 bits per heavy atom. The molecule has 5 heteroatoms. The molecule has 1 fully saturated rings. The highest BCUT2D eigenvalue weighted by Gasteiger charge is 2.28. The van der Waals surface area contributed by atoms with Crippen LogP contribution < -0.4 is 15.6 Å². The van der Waals surface area contributed by atoms with Crippen molar-refractivity contribution in [1.29, 1.82) is 0 Å². The van der Waals surface area contributed by atoms with Crippen LogP contribution in [0.4, 0.5) is 0 Å². The van der Waals surface area contributed by atoms with Crippen LogP contribution in [0.2, 0.25) is 0 Å². The second-order valence-electron chi connectivity index (χ2n) is 9.45. The number of hydrogen-bond acceptors (Lipinski definition) is 4. The van der Waals surface area contributed by atoms with Crippen molar-refractivity contribution >= 4 is 10.9 Å². The number of aliphatic hydroxyl groups is 1. The van der Waals surface area contributed by atoms with Crippen LogP contribution in [0.25, 0.3) is 10.9 Å². The van der Waals surface area contributed by atoms with E-state index in [2.05, 4.69) is 40.6 Å². The molecule has 0 radical (unpaired) electrons. The van der Waals surface area contributed by atoms with Crippen molar-refractivity contribution in [2.75, 3.05) is 6.54 Å². The van der Waals surface area contributed by atoms with Crippen molar-refractivity contribution in [2.45, 2.75) is 44.4 Å². The lowest BCUT2D eigenvalue weighted by molar-refractivity contribution is 0.167. The summed E-state index contributed by atoms with van der Waals surface area (Å²) in [6.45, 7) is 0.870. The van der Waals surface area contributed by atoms with E-state index in [9.17, 15) is 9.90 Å². The smallest absolute Gasteiger partial charge is 0.248 e. The molecule has 0 saturated heterocycles. The zero-order valence-electron chi connectivity index (χ0n) is 19.8. The zero-order chi connectivity index (χ0) is 24.0. The van der Waals surface area contributed by atoms with E-state index < -0.39 is 6.10 Å². The molecular weight excluding hydrogens is 436 g/mol. The molecule has 0 amide bonds. The maximum atomic E-state index is 12.1. The number of benzene rings is 3. The summed E-state index contributed by atoms with van der Waals surface area (Å²) in [5.41, 5.74) is 3.63. The highest BCUT2D eigenvalue weighted by atomic mass is 16.5. The van der Waals surface area contributed by atoms with Crippen molar-refractivity contribution in [2.24, 2.45) is 5.92 Å². The number of ether oxygens (including phenoxy) is 1. The second-order valence-corrected chi connectivity index (χ2v) is 9.45. The number of rotatable bonds is 9. The normalized spacial score (nSPS) is 18.5. The molecule has 1 aromatic heterocycles. The Morgan fingerprint density at radius 2 is 1.66 bits per heavy atom. The second kappa shape index (κ2) is 10.9. The molecule has 0 aliphatic heterocycles. The number of fused-ring (bicyclic) bond motifs is 1. The van der Waals surface area contributed by atoms with Gasteiger partial charge in [0.15, 0.2) is 0 Å². The SMILES string of the molecule is O=c1ccc2c(C(O)CN[C@@H]3CCC[C@@H]3Cc3ccccc3)ccc(OCc3ccccc3)c2[nH]1.